The predicted molar refractivity (Wildman–Crippen MR) is 93.9 cm³/mol. The highest BCUT2D eigenvalue weighted by molar-refractivity contribution is 5.69. The fourth-order valence-corrected chi connectivity index (χ4v) is 2.53. The Hall–Kier alpha value is -3.21. The van der Waals surface area contributed by atoms with Crippen LogP contribution in [0.4, 0.5) is 24.9 Å². The second-order valence-corrected chi connectivity index (χ2v) is 6.20. The number of nitrogens with zero attached hydrogens (tertiary/aromatic N) is 5. The summed E-state index contributed by atoms with van der Waals surface area (Å²) in [6, 6.07) is 4.28. The van der Waals surface area contributed by atoms with Crippen molar-refractivity contribution in [3.05, 3.63) is 41.7 Å². The molecule has 0 aliphatic carbocycles. The summed E-state index contributed by atoms with van der Waals surface area (Å²) < 4.78 is 39.7. The monoisotopic (exact) mass is 394 g/mol. The number of hydrogen-bond donors (Lipinski definition) is 3. The molecule has 1 aromatic carbocycles. The molecule has 0 aliphatic heterocycles. The zero-order valence-electron chi connectivity index (χ0n) is 14.9. The lowest BCUT2D eigenvalue weighted by atomic mass is 10.1. The molecule has 0 spiro atoms. The van der Waals surface area contributed by atoms with Crippen molar-refractivity contribution >= 4 is 11.8 Å². The normalized spacial score (nSPS) is 12.8. The third kappa shape index (κ3) is 4.36. The summed E-state index contributed by atoms with van der Waals surface area (Å²) in [5, 5.41) is 34.2. The van der Waals surface area contributed by atoms with Gasteiger partial charge in [-0.1, -0.05) is 0 Å². The Morgan fingerprint density at radius 1 is 1.21 bits per heavy atom. The van der Waals surface area contributed by atoms with Gasteiger partial charge in [0.2, 0.25) is 5.95 Å². The highest BCUT2D eigenvalue weighted by atomic mass is 19.4. The SMILES string of the molecule is Cc1nc(Nc2ccn(C[C@@H](C)O)n2)nnc1-c1ccc(C(F)(F)F)cc1O. The van der Waals surface area contributed by atoms with E-state index >= 15 is 0 Å². The average molecular weight is 394 g/mol. The number of aryl methyl sites for hydroxylation is 1. The van der Waals surface area contributed by atoms with Crippen molar-refractivity contribution in [3.8, 4) is 17.0 Å². The van der Waals surface area contributed by atoms with Gasteiger partial charge in [-0.05, 0) is 32.0 Å². The van der Waals surface area contributed by atoms with E-state index in [2.05, 4.69) is 25.6 Å². The van der Waals surface area contributed by atoms with Crippen molar-refractivity contribution in [2.24, 2.45) is 0 Å². The molecule has 8 nitrogen and oxygen atoms in total. The van der Waals surface area contributed by atoms with E-state index in [0.717, 1.165) is 12.1 Å². The van der Waals surface area contributed by atoms with Gasteiger partial charge in [-0.15, -0.1) is 10.2 Å². The van der Waals surface area contributed by atoms with Crippen molar-refractivity contribution in [3.63, 3.8) is 0 Å². The van der Waals surface area contributed by atoms with E-state index < -0.39 is 23.6 Å². The zero-order valence-corrected chi connectivity index (χ0v) is 14.9. The zero-order chi connectivity index (χ0) is 20.5. The Balaban J connectivity index is 1.82. The van der Waals surface area contributed by atoms with Gasteiger partial charge in [0.05, 0.1) is 23.9 Å². The van der Waals surface area contributed by atoms with Crippen LogP contribution < -0.4 is 5.32 Å². The number of halogens is 3. The lowest BCUT2D eigenvalue weighted by Gasteiger charge is -2.11. The molecule has 0 amide bonds. The van der Waals surface area contributed by atoms with Gasteiger partial charge in [0.25, 0.3) is 0 Å². The molecule has 148 valence electrons. The number of nitrogens with one attached hydrogen (secondary N) is 1. The number of phenols is 1. The molecule has 0 bridgehead atoms. The molecule has 3 aromatic rings. The number of alkyl halides is 3. The first-order valence-electron chi connectivity index (χ1n) is 8.24. The molecular weight excluding hydrogens is 377 g/mol. The molecule has 2 heterocycles. The molecule has 3 rings (SSSR count). The number of aliphatic hydroxyl groups excluding tert-OH is 1. The number of phenolic OH excluding ortho intramolecular Hbond substituents is 1. The second kappa shape index (κ2) is 7.43. The van der Waals surface area contributed by atoms with Crippen LogP contribution in [-0.4, -0.2) is 41.3 Å². The molecule has 0 radical (unpaired) electrons. The van der Waals surface area contributed by atoms with Gasteiger partial charge in [-0.2, -0.15) is 18.3 Å². The fraction of sp³-hybridized carbons (Fsp3) is 0.294. The van der Waals surface area contributed by atoms with Gasteiger partial charge in [0.15, 0.2) is 5.82 Å². The highest BCUT2D eigenvalue weighted by Gasteiger charge is 2.31. The van der Waals surface area contributed by atoms with E-state index in [1.165, 1.54) is 0 Å². The first-order chi connectivity index (χ1) is 13.1. The van der Waals surface area contributed by atoms with Crippen molar-refractivity contribution in [1.29, 1.82) is 0 Å². The first-order valence-corrected chi connectivity index (χ1v) is 8.24. The topological polar surface area (TPSA) is 109 Å². The highest BCUT2D eigenvalue weighted by Crippen LogP contribution is 2.36. The van der Waals surface area contributed by atoms with Crippen LogP contribution in [0.15, 0.2) is 30.5 Å². The minimum atomic E-state index is -4.56. The van der Waals surface area contributed by atoms with Gasteiger partial charge in [-0.3, -0.25) is 4.68 Å². The van der Waals surface area contributed by atoms with E-state index in [0.29, 0.717) is 24.1 Å². The molecule has 11 heteroatoms. The Kier molecular flexibility index (Phi) is 5.18. The van der Waals surface area contributed by atoms with E-state index in [9.17, 15) is 23.4 Å². The molecule has 28 heavy (non-hydrogen) atoms. The maximum Gasteiger partial charge on any atom is 0.416 e. The predicted octanol–water partition coefficient (Wildman–Crippen LogP) is 2.89. The third-order valence-corrected chi connectivity index (χ3v) is 3.77. The van der Waals surface area contributed by atoms with Crippen molar-refractivity contribution in [2.75, 3.05) is 5.32 Å². The average Bonchev–Trinajstić information content (AvgIpc) is 3.01. The van der Waals surface area contributed by atoms with Crippen molar-refractivity contribution in [2.45, 2.75) is 32.7 Å². The summed E-state index contributed by atoms with van der Waals surface area (Å²) in [5.74, 6) is 0.00789. The summed E-state index contributed by atoms with van der Waals surface area (Å²) in [7, 11) is 0. The second-order valence-electron chi connectivity index (χ2n) is 6.20. The van der Waals surface area contributed by atoms with Gasteiger partial charge in [0, 0.05) is 17.8 Å². The van der Waals surface area contributed by atoms with Crippen LogP contribution in [0, 0.1) is 6.92 Å². The van der Waals surface area contributed by atoms with Gasteiger partial charge in [-0.25, -0.2) is 4.98 Å². The molecule has 0 aliphatic rings. The molecule has 0 saturated heterocycles. The van der Waals surface area contributed by atoms with Crippen LogP contribution >= 0.6 is 0 Å². The van der Waals surface area contributed by atoms with Crippen LogP contribution in [0.25, 0.3) is 11.3 Å². The van der Waals surface area contributed by atoms with Crippen molar-refractivity contribution in [1.82, 2.24) is 25.0 Å². The van der Waals surface area contributed by atoms with Gasteiger partial charge >= 0.3 is 6.18 Å². The van der Waals surface area contributed by atoms with Gasteiger partial charge < -0.3 is 15.5 Å². The Labute approximate surface area is 157 Å². The minimum Gasteiger partial charge on any atom is -0.507 e. The fourth-order valence-electron chi connectivity index (χ4n) is 2.53. The quantitative estimate of drug-likeness (QED) is 0.610. The number of aromatic hydroxyl groups is 1. The number of benzene rings is 1. The van der Waals surface area contributed by atoms with E-state index in [-0.39, 0.29) is 17.2 Å². The molecule has 3 N–H and O–H groups in total. The maximum absolute atomic E-state index is 12.7. The smallest absolute Gasteiger partial charge is 0.416 e. The summed E-state index contributed by atoms with van der Waals surface area (Å²) in [6.07, 6.45) is -3.44. The van der Waals surface area contributed by atoms with Crippen molar-refractivity contribution < 1.29 is 23.4 Å². The minimum absolute atomic E-state index is 0.0956. The Morgan fingerprint density at radius 2 is 1.96 bits per heavy atom. The summed E-state index contributed by atoms with van der Waals surface area (Å²) in [6.45, 7) is 3.56. The molecule has 0 saturated carbocycles. The summed E-state index contributed by atoms with van der Waals surface area (Å²) in [5.41, 5.74) is -0.343. The Morgan fingerprint density at radius 3 is 2.57 bits per heavy atom. The van der Waals surface area contributed by atoms with E-state index in [1.807, 2.05) is 0 Å². The van der Waals surface area contributed by atoms with Gasteiger partial charge in [0.1, 0.15) is 11.4 Å². The van der Waals surface area contributed by atoms with E-state index in [4.69, 9.17) is 0 Å². The first kappa shape index (κ1) is 19.5. The number of rotatable bonds is 5. The number of anilines is 2. The standard InChI is InChI=1S/C17H17F3N6O2/c1-9(27)8-26-6-5-14(25-26)22-16-21-10(2)15(23-24-16)12-4-3-11(7-13(12)28)17(18,19)20/h3-7,9,27-28H,8H2,1-2H3,(H,21,22,24,25)/t9-/m1/s1. The summed E-state index contributed by atoms with van der Waals surface area (Å²) >= 11 is 0. The molecule has 1 atom stereocenters. The van der Waals surface area contributed by atoms with E-state index in [1.54, 1.807) is 30.8 Å². The van der Waals surface area contributed by atoms with Crippen LogP contribution in [0.1, 0.15) is 18.2 Å². The number of aliphatic hydroxyl groups is 1. The molecule has 0 fully saturated rings. The van der Waals surface area contributed by atoms with Crippen LogP contribution in [0.3, 0.4) is 0 Å². The van der Waals surface area contributed by atoms with Crippen LogP contribution in [0.5, 0.6) is 5.75 Å². The number of aromatic nitrogens is 5. The largest absolute Gasteiger partial charge is 0.507 e. The Bertz CT molecular complexity index is 987. The summed E-state index contributed by atoms with van der Waals surface area (Å²) in [4.78, 5) is 4.21. The molecular formula is C17H17F3N6O2. The lowest BCUT2D eigenvalue weighted by Crippen LogP contribution is -2.12. The lowest BCUT2D eigenvalue weighted by molar-refractivity contribution is -0.137. The number of hydrogen-bond acceptors (Lipinski definition) is 7. The molecule has 2 aromatic heterocycles. The molecule has 0 unspecified atom stereocenters. The van der Waals surface area contributed by atoms with Crippen LogP contribution in [0.2, 0.25) is 0 Å². The maximum atomic E-state index is 12.7. The third-order valence-electron chi connectivity index (χ3n) is 3.77. The van der Waals surface area contributed by atoms with Crippen LogP contribution in [-0.2, 0) is 12.7 Å².